The summed E-state index contributed by atoms with van der Waals surface area (Å²) >= 11 is 2.71. The minimum atomic E-state index is -4.61. The van der Waals surface area contributed by atoms with Crippen molar-refractivity contribution in [1.82, 2.24) is 9.78 Å². The normalized spacial score (nSPS) is 11.8. The van der Waals surface area contributed by atoms with Gasteiger partial charge in [-0.2, -0.15) is 18.3 Å². The molecule has 84 valence electrons. The zero-order chi connectivity index (χ0) is 11.8. The fourth-order valence-electron chi connectivity index (χ4n) is 0.982. The predicted molar refractivity (Wildman–Crippen MR) is 44.7 cm³/mol. The molecule has 0 bridgehead atoms. The highest BCUT2D eigenvalue weighted by molar-refractivity contribution is 9.10. The molecule has 4 nitrogen and oxygen atoms in total. The average molecular weight is 286 g/mol. The number of halogens is 4. The lowest BCUT2D eigenvalue weighted by Gasteiger charge is -2.04. The van der Waals surface area contributed by atoms with Gasteiger partial charge in [0.25, 0.3) is 0 Å². The maximum Gasteiger partial charge on any atom is 0.436 e. The second-order valence-corrected chi connectivity index (χ2v) is 3.57. The summed E-state index contributed by atoms with van der Waals surface area (Å²) < 4.78 is 37.4. The summed E-state index contributed by atoms with van der Waals surface area (Å²) in [6.45, 7) is 0.621. The fourth-order valence-corrected chi connectivity index (χ4v) is 1.49. The summed E-state index contributed by atoms with van der Waals surface area (Å²) in [4.78, 5) is 10.2. The van der Waals surface area contributed by atoms with E-state index in [2.05, 4.69) is 21.0 Å². The van der Waals surface area contributed by atoms with Crippen molar-refractivity contribution < 1.29 is 23.1 Å². The molecule has 0 amide bonds. The molecule has 8 heteroatoms. The number of aromatic nitrogens is 2. The van der Waals surface area contributed by atoms with E-state index >= 15 is 0 Å². The van der Waals surface area contributed by atoms with Gasteiger partial charge in [-0.25, -0.2) is 0 Å². The third-order valence-electron chi connectivity index (χ3n) is 1.68. The Hall–Kier alpha value is -1.05. The fraction of sp³-hybridized carbons (Fsp3) is 0.429. The summed E-state index contributed by atoms with van der Waals surface area (Å²) in [7, 11) is 0. The highest BCUT2D eigenvalue weighted by Crippen LogP contribution is 2.35. The van der Waals surface area contributed by atoms with E-state index in [0.717, 1.165) is 4.68 Å². The SMILES string of the molecule is Cc1c(Br)c(C(F)(F)F)nn1CC(=O)[O-]. The van der Waals surface area contributed by atoms with E-state index in [1.165, 1.54) is 6.92 Å². The molecular formula is C7H5BrF3N2O2-. The third kappa shape index (κ3) is 2.49. The largest absolute Gasteiger partial charge is 0.548 e. The van der Waals surface area contributed by atoms with E-state index in [4.69, 9.17) is 0 Å². The summed E-state index contributed by atoms with van der Waals surface area (Å²) in [5.41, 5.74) is -1.05. The van der Waals surface area contributed by atoms with Crippen molar-refractivity contribution in [2.75, 3.05) is 0 Å². The van der Waals surface area contributed by atoms with E-state index in [1.807, 2.05) is 0 Å². The van der Waals surface area contributed by atoms with Crippen LogP contribution in [0.5, 0.6) is 0 Å². The summed E-state index contributed by atoms with van der Waals surface area (Å²) in [5, 5.41) is 13.4. The predicted octanol–water partition coefficient (Wildman–Crippen LogP) is 0.723. The molecule has 0 spiro atoms. The Kier molecular flexibility index (Phi) is 3.08. The first-order valence-electron chi connectivity index (χ1n) is 3.73. The number of carboxylic acid groups (broad SMARTS) is 1. The smallest absolute Gasteiger partial charge is 0.436 e. The lowest BCUT2D eigenvalue weighted by molar-refractivity contribution is -0.306. The zero-order valence-corrected chi connectivity index (χ0v) is 9.02. The van der Waals surface area contributed by atoms with Gasteiger partial charge in [0.15, 0.2) is 5.69 Å². The molecule has 1 rings (SSSR count). The summed E-state index contributed by atoms with van der Waals surface area (Å²) in [5.74, 6) is -1.50. The zero-order valence-electron chi connectivity index (χ0n) is 7.43. The highest BCUT2D eigenvalue weighted by Gasteiger charge is 2.37. The van der Waals surface area contributed by atoms with Crippen LogP contribution >= 0.6 is 15.9 Å². The molecule has 0 unspecified atom stereocenters. The average Bonchev–Trinajstić information content (AvgIpc) is 2.30. The van der Waals surface area contributed by atoms with Gasteiger partial charge in [-0.1, -0.05) is 0 Å². The summed E-state index contributed by atoms with van der Waals surface area (Å²) in [6, 6.07) is 0. The first kappa shape index (κ1) is 12.0. The van der Waals surface area contributed by atoms with Crippen LogP contribution in [0.1, 0.15) is 11.4 Å². The molecule has 1 aromatic rings. The molecule has 0 aliphatic carbocycles. The number of hydrogen-bond donors (Lipinski definition) is 0. The van der Waals surface area contributed by atoms with Crippen LogP contribution in [0.25, 0.3) is 0 Å². The van der Waals surface area contributed by atoms with Gasteiger partial charge < -0.3 is 9.90 Å². The number of nitrogens with zero attached hydrogens (tertiary/aromatic N) is 2. The molecule has 0 radical (unpaired) electrons. The molecule has 0 aliphatic rings. The second kappa shape index (κ2) is 3.84. The molecule has 0 saturated carbocycles. The van der Waals surface area contributed by atoms with Crippen molar-refractivity contribution >= 4 is 21.9 Å². The Morgan fingerprint density at radius 3 is 2.47 bits per heavy atom. The van der Waals surface area contributed by atoms with Crippen molar-refractivity contribution in [2.24, 2.45) is 0 Å². The van der Waals surface area contributed by atoms with Crippen LogP contribution in [0.4, 0.5) is 13.2 Å². The molecule has 15 heavy (non-hydrogen) atoms. The van der Waals surface area contributed by atoms with E-state index < -0.39 is 24.4 Å². The summed E-state index contributed by atoms with van der Waals surface area (Å²) in [6.07, 6.45) is -4.61. The van der Waals surface area contributed by atoms with Gasteiger partial charge in [0.05, 0.1) is 22.7 Å². The molecule has 0 fully saturated rings. The number of carbonyl (C=O) groups is 1. The van der Waals surface area contributed by atoms with E-state index in [-0.39, 0.29) is 10.2 Å². The number of carboxylic acids is 1. The molecular weight excluding hydrogens is 281 g/mol. The molecule has 0 saturated heterocycles. The van der Waals surface area contributed by atoms with Crippen LogP contribution in [0, 0.1) is 6.92 Å². The van der Waals surface area contributed by atoms with Gasteiger partial charge in [0, 0.05) is 0 Å². The number of hydrogen-bond acceptors (Lipinski definition) is 3. The Morgan fingerprint density at radius 1 is 1.60 bits per heavy atom. The van der Waals surface area contributed by atoms with Crippen LogP contribution < -0.4 is 5.11 Å². The Labute approximate surface area is 90.8 Å². The first-order chi connectivity index (χ1) is 6.73. The Morgan fingerprint density at radius 2 is 2.13 bits per heavy atom. The van der Waals surface area contributed by atoms with Crippen molar-refractivity contribution in [3.63, 3.8) is 0 Å². The van der Waals surface area contributed by atoms with Gasteiger partial charge in [-0.05, 0) is 22.9 Å². The standard InChI is InChI=1S/C7H6BrF3N2O2/c1-3-5(8)6(7(9,10)11)12-13(3)2-4(14)15/h2H2,1H3,(H,14,15)/p-1. The topological polar surface area (TPSA) is 58.0 Å². The Balaban J connectivity index is 3.18. The van der Waals surface area contributed by atoms with Crippen LogP contribution in [0.15, 0.2) is 4.47 Å². The van der Waals surface area contributed by atoms with Gasteiger partial charge in [0.1, 0.15) is 0 Å². The second-order valence-electron chi connectivity index (χ2n) is 2.78. The maximum absolute atomic E-state index is 12.3. The number of rotatable bonds is 2. The monoisotopic (exact) mass is 285 g/mol. The van der Waals surface area contributed by atoms with Crippen LogP contribution in [-0.2, 0) is 17.5 Å². The number of alkyl halides is 3. The van der Waals surface area contributed by atoms with Gasteiger partial charge in [-0.3, -0.25) is 4.68 Å². The third-order valence-corrected chi connectivity index (χ3v) is 2.63. The van der Waals surface area contributed by atoms with Crippen molar-refractivity contribution in [3.8, 4) is 0 Å². The quantitative estimate of drug-likeness (QED) is 0.805. The lowest BCUT2D eigenvalue weighted by Crippen LogP contribution is -2.28. The molecule has 0 N–H and O–H groups in total. The number of aliphatic carboxylic acids is 1. The van der Waals surface area contributed by atoms with Crippen molar-refractivity contribution in [1.29, 1.82) is 0 Å². The van der Waals surface area contributed by atoms with Gasteiger partial charge >= 0.3 is 6.18 Å². The Bertz CT molecular complexity index is 400. The maximum atomic E-state index is 12.3. The lowest BCUT2D eigenvalue weighted by atomic mass is 10.3. The highest BCUT2D eigenvalue weighted by atomic mass is 79.9. The van der Waals surface area contributed by atoms with E-state index in [1.54, 1.807) is 0 Å². The molecule has 1 aromatic heterocycles. The molecule has 1 heterocycles. The van der Waals surface area contributed by atoms with Gasteiger partial charge in [0.2, 0.25) is 0 Å². The molecule has 0 aromatic carbocycles. The van der Waals surface area contributed by atoms with Crippen LogP contribution in [0.3, 0.4) is 0 Å². The minimum Gasteiger partial charge on any atom is -0.548 e. The number of carbonyl (C=O) groups excluding carboxylic acids is 1. The van der Waals surface area contributed by atoms with Crippen molar-refractivity contribution in [2.45, 2.75) is 19.6 Å². The van der Waals surface area contributed by atoms with Crippen molar-refractivity contribution in [3.05, 3.63) is 15.9 Å². The van der Waals surface area contributed by atoms with Crippen LogP contribution in [0.2, 0.25) is 0 Å². The minimum absolute atomic E-state index is 0.0894. The van der Waals surface area contributed by atoms with E-state index in [9.17, 15) is 23.1 Å². The first-order valence-corrected chi connectivity index (χ1v) is 4.52. The van der Waals surface area contributed by atoms with E-state index in [0.29, 0.717) is 0 Å². The van der Waals surface area contributed by atoms with Crippen LogP contribution in [-0.4, -0.2) is 15.7 Å². The molecule has 0 aliphatic heterocycles. The molecule has 0 atom stereocenters. The van der Waals surface area contributed by atoms with Gasteiger partial charge in [-0.15, -0.1) is 0 Å².